The largest absolute Gasteiger partial charge is 0.394 e. The molecule has 0 aromatic carbocycles. The van der Waals surface area contributed by atoms with Gasteiger partial charge in [0.25, 0.3) is 0 Å². The minimum atomic E-state index is -1.95. The van der Waals surface area contributed by atoms with E-state index in [1.165, 1.54) is 12.8 Å². The highest BCUT2D eigenvalue weighted by molar-refractivity contribution is 6.67. The molecular weight excluding hydrogens is 256 g/mol. The third-order valence-corrected chi connectivity index (χ3v) is 6.75. The number of hydrogen-bond donors (Lipinski definition) is 2. The van der Waals surface area contributed by atoms with Gasteiger partial charge in [-0.2, -0.15) is 0 Å². The first kappa shape index (κ1) is 21.4. The highest BCUT2D eigenvalue weighted by Gasteiger charge is 2.35. The zero-order valence-electron chi connectivity index (χ0n) is 13.4. The zero-order chi connectivity index (χ0) is 13.7. The summed E-state index contributed by atoms with van der Waals surface area (Å²) >= 11 is 0. The molecule has 0 fully saturated rings. The molecule has 0 aliphatic heterocycles. The maximum atomic E-state index is 6.21. The van der Waals surface area contributed by atoms with Crippen LogP contribution >= 0.6 is 0 Å². The summed E-state index contributed by atoms with van der Waals surface area (Å²) in [6.45, 7) is 9.04. The van der Waals surface area contributed by atoms with E-state index in [4.69, 9.17) is 14.6 Å². The third-order valence-electron chi connectivity index (χ3n) is 3.06. The highest BCUT2D eigenvalue weighted by Crippen LogP contribution is 2.25. The van der Waals surface area contributed by atoms with E-state index < -0.39 is 8.56 Å². The summed E-state index contributed by atoms with van der Waals surface area (Å²) in [6.07, 6.45) is 6.84. The van der Waals surface area contributed by atoms with Crippen LogP contribution in [0.25, 0.3) is 0 Å². The summed E-state index contributed by atoms with van der Waals surface area (Å²) in [6, 6.07) is 2.26. The zero-order valence-corrected chi connectivity index (χ0v) is 14.4. The molecule has 4 nitrogen and oxygen atoms in total. The third kappa shape index (κ3) is 10.5. The summed E-state index contributed by atoms with van der Waals surface area (Å²) in [4.78, 5) is 0. The predicted molar refractivity (Wildman–Crippen MR) is 86.1 cm³/mol. The van der Waals surface area contributed by atoms with Crippen LogP contribution in [0.4, 0.5) is 0 Å². The molecule has 5 N–H and O–H groups in total. The smallest absolute Gasteiger partial charge is 0.338 e. The van der Waals surface area contributed by atoms with Crippen molar-refractivity contribution in [3.8, 4) is 0 Å². The number of rotatable bonds is 13. The van der Waals surface area contributed by atoms with Gasteiger partial charge < -0.3 is 20.7 Å². The summed E-state index contributed by atoms with van der Waals surface area (Å²) < 4.78 is 12.4. The molecule has 0 unspecified atom stereocenters. The molecule has 0 amide bonds. The number of nitrogens with two attached hydrogens (primary N) is 1. The summed E-state index contributed by atoms with van der Waals surface area (Å²) in [5.74, 6) is 0. The van der Waals surface area contributed by atoms with Crippen molar-refractivity contribution < 1.29 is 8.85 Å². The lowest BCUT2D eigenvalue weighted by Gasteiger charge is -2.31. The maximum Gasteiger partial charge on any atom is 0.338 e. The normalized spacial score (nSPS) is 11.4. The second-order valence-corrected chi connectivity index (χ2v) is 8.36. The fourth-order valence-corrected chi connectivity index (χ4v) is 5.76. The number of hydrogen-bond acceptors (Lipinski definition) is 4. The second kappa shape index (κ2) is 14.5. The van der Waals surface area contributed by atoms with Crippen LogP contribution in [0.5, 0.6) is 0 Å². The molecule has 0 radical (unpaired) electrons. The Hall–Kier alpha value is 0.0569. The van der Waals surface area contributed by atoms with Crippen LogP contribution in [0.3, 0.4) is 0 Å². The Kier molecular flexibility index (Phi) is 16.3. The molecule has 19 heavy (non-hydrogen) atoms. The monoisotopic (exact) mass is 292 g/mol. The Labute approximate surface area is 121 Å². The molecule has 0 bridgehead atoms. The molecule has 0 aromatic heterocycles. The topological polar surface area (TPSA) is 79.5 Å². The lowest BCUT2D eigenvalue weighted by atomic mass is 10.3. The van der Waals surface area contributed by atoms with E-state index in [1.807, 2.05) is 0 Å². The predicted octanol–water partition coefficient (Wildman–Crippen LogP) is 3.98. The first-order chi connectivity index (χ1) is 8.74. The molecule has 0 saturated carbocycles. The van der Waals surface area contributed by atoms with Crippen LogP contribution in [0.15, 0.2) is 0 Å². The Morgan fingerprint density at radius 3 is 1.74 bits per heavy atom. The van der Waals surface area contributed by atoms with E-state index in [0.717, 1.165) is 57.5 Å². The second-order valence-electron chi connectivity index (χ2n) is 4.96. The summed E-state index contributed by atoms with van der Waals surface area (Å²) in [5.41, 5.74) is 5.59. The molecule has 5 heteroatoms. The van der Waals surface area contributed by atoms with Gasteiger partial charge in [0.15, 0.2) is 0 Å². The van der Waals surface area contributed by atoms with Gasteiger partial charge in [-0.3, -0.25) is 0 Å². The van der Waals surface area contributed by atoms with Crippen molar-refractivity contribution >= 4 is 8.56 Å². The Morgan fingerprint density at radius 1 is 0.789 bits per heavy atom. The fourth-order valence-electron chi connectivity index (χ4n) is 2.02. The van der Waals surface area contributed by atoms with Crippen molar-refractivity contribution in [3.05, 3.63) is 0 Å². The molecule has 0 spiro atoms. The van der Waals surface area contributed by atoms with E-state index >= 15 is 0 Å². The molecule has 0 saturated heterocycles. The molecule has 0 aromatic rings. The van der Waals surface area contributed by atoms with E-state index in [2.05, 4.69) is 20.8 Å². The summed E-state index contributed by atoms with van der Waals surface area (Å²) in [7, 11) is -1.95. The van der Waals surface area contributed by atoms with Crippen molar-refractivity contribution in [1.82, 2.24) is 6.15 Å². The van der Waals surface area contributed by atoms with Crippen molar-refractivity contribution in [2.75, 3.05) is 19.8 Å². The van der Waals surface area contributed by atoms with Gasteiger partial charge >= 0.3 is 8.56 Å². The van der Waals surface area contributed by atoms with Crippen LogP contribution in [0.2, 0.25) is 12.1 Å². The quantitative estimate of drug-likeness (QED) is 0.397. The molecule has 0 aliphatic rings. The van der Waals surface area contributed by atoms with E-state index in [0.29, 0.717) is 0 Å². The van der Waals surface area contributed by atoms with Crippen molar-refractivity contribution in [2.24, 2.45) is 5.73 Å². The SMILES string of the molecule is CCCC[Si](CCCCN)(OCCC)OCCC.N. The van der Waals surface area contributed by atoms with Gasteiger partial charge in [-0.25, -0.2) is 0 Å². The van der Waals surface area contributed by atoms with Gasteiger partial charge in [0, 0.05) is 13.2 Å². The molecule has 118 valence electrons. The standard InChI is InChI=1S/C14H33NO2Si.H3N/c1-4-7-13-18(16-11-5-2,17-12-6-3)14-9-8-10-15;/h4-15H2,1-3H3;1H3. The minimum absolute atomic E-state index is 0. The lowest BCUT2D eigenvalue weighted by molar-refractivity contribution is 0.165. The van der Waals surface area contributed by atoms with Gasteiger partial charge in [-0.05, 0) is 37.9 Å². The first-order valence-corrected chi connectivity index (χ1v) is 9.95. The molecule has 0 rings (SSSR count). The molecule has 0 aliphatic carbocycles. The number of unbranched alkanes of at least 4 members (excludes halogenated alkanes) is 2. The van der Waals surface area contributed by atoms with E-state index in [-0.39, 0.29) is 6.15 Å². The van der Waals surface area contributed by atoms with E-state index in [1.54, 1.807) is 0 Å². The Bertz CT molecular complexity index is 161. The van der Waals surface area contributed by atoms with Gasteiger partial charge in [-0.15, -0.1) is 0 Å². The van der Waals surface area contributed by atoms with Crippen LogP contribution in [0.1, 0.15) is 59.3 Å². The minimum Gasteiger partial charge on any atom is -0.394 e. The highest BCUT2D eigenvalue weighted by atomic mass is 28.4. The van der Waals surface area contributed by atoms with Crippen LogP contribution < -0.4 is 11.9 Å². The van der Waals surface area contributed by atoms with Crippen LogP contribution in [-0.2, 0) is 8.85 Å². The van der Waals surface area contributed by atoms with Crippen LogP contribution in [0, 0.1) is 0 Å². The van der Waals surface area contributed by atoms with Crippen molar-refractivity contribution in [3.63, 3.8) is 0 Å². The van der Waals surface area contributed by atoms with Crippen molar-refractivity contribution in [1.29, 1.82) is 0 Å². The van der Waals surface area contributed by atoms with Gasteiger partial charge in [0.2, 0.25) is 0 Å². The maximum absolute atomic E-state index is 6.21. The van der Waals surface area contributed by atoms with Crippen molar-refractivity contribution in [2.45, 2.75) is 71.4 Å². The van der Waals surface area contributed by atoms with Gasteiger partial charge in [0.1, 0.15) is 0 Å². The first-order valence-electron chi connectivity index (χ1n) is 7.72. The lowest BCUT2D eigenvalue weighted by Crippen LogP contribution is -2.42. The Morgan fingerprint density at radius 2 is 1.32 bits per heavy atom. The van der Waals surface area contributed by atoms with Crippen LogP contribution in [-0.4, -0.2) is 28.3 Å². The molecular formula is C14H36N2O2Si. The average Bonchev–Trinajstić information content (AvgIpc) is 2.40. The van der Waals surface area contributed by atoms with E-state index in [9.17, 15) is 0 Å². The molecule has 0 heterocycles. The van der Waals surface area contributed by atoms with Gasteiger partial charge in [0.05, 0.1) is 0 Å². The average molecular weight is 293 g/mol. The van der Waals surface area contributed by atoms with Gasteiger partial charge in [-0.1, -0.05) is 40.0 Å². The fraction of sp³-hybridized carbons (Fsp3) is 1.00. The summed E-state index contributed by atoms with van der Waals surface area (Å²) in [5, 5.41) is 0. The molecule has 0 atom stereocenters. The Balaban J connectivity index is 0.